The SMILES string of the molecule is CCCCCCCCCCCCCCCC(CC[N+](C)(C)CC(C)C)[SiH2]OCC(OCCO)OCCO.[Cl-]. The Hall–Kier alpha value is 0.267. The zero-order chi connectivity index (χ0) is 27.6. The monoisotopic (exact) mass is 583 g/mol. The van der Waals surface area contributed by atoms with Crippen LogP contribution in [0.15, 0.2) is 0 Å². The van der Waals surface area contributed by atoms with E-state index in [0.29, 0.717) is 18.1 Å². The van der Waals surface area contributed by atoms with E-state index >= 15 is 0 Å². The topological polar surface area (TPSA) is 68.2 Å². The van der Waals surface area contributed by atoms with Crippen LogP contribution in [-0.2, 0) is 13.9 Å². The van der Waals surface area contributed by atoms with Crippen molar-refractivity contribution in [3.63, 3.8) is 0 Å². The zero-order valence-corrected chi connectivity index (χ0v) is 28.1. The van der Waals surface area contributed by atoms with Gasteiger partial charge in [-0.2, -0.15) is 0 Å². The zero-order valence-electron chi connectivity index (χ0n) is 25.9. The maximum absolute atomic E-state index is 9.05. The Morgan fingerprint density at radius 1 is 0.711 bits per heavy atom. The van der Waals surface area contributed by atoms with Gasteiger partial charge in [-0.1, -0.05) is 111 Å². The first-order chi connectivity index (χ1) is 17.8. The van der Waals surface area contributed by atoms with Crippen molar-refractivity contribution in [3.8, 4) is 0 Å². The number of aliphatic hydroxyl groups is 2. The number of hydrogen-bond donors (Lipinski definition) is 2. The lowest BCUT2D eigenvalue weighted by molar-refractivity contribution is -0.893. The lowest BCUT2D eigenvalue weighted by Crippen LogP contribution is -3.00. The molecule has 8 heteroatoms. The molecular formula is C30H66ClNO5Si. The maximum Gasteiger partial charge on any atom is 0.179 e. The Bertz CT molecular complexity index is 466. The van der Waals surface area contributed by atoms with Gasteiger partial charge in [0.15, 0.2) is 16.1 Å². The molecule has 0 rings (SSSR count). The van der Waals surface area contributed by atoms with Crippen LogP contribution in [-0.4, -0.2) is 91.0 Å². The largest absolute Gasteiger partial charge is 1.00 e. The second-order valence-electron chi connectivity index (χ2n) is 12.1. The molecule has 0 aromatic heterocycles. The van der Waals surface area contributed by atoms with Crippen molar-refractivity contribution in [2.24, 2.45) is 5.92 Å². The molecule has 0 bridgehead atoms. The first-order valence-corrected chi connectivity index (χ1v) is 17.1. The second kappa shape index (κ2) is 28.8. The number of hydrogen-bond acceptors (Lipinski definition) is 5. The summed E-state index contributed by atoms with van der Waals surface area (Å²) in [5.41, 5.74) is 0.675. The fourth-order valence-electron chi connectivity index (χ4n) is 5.22. The van der Waals surface area contributed by atoms with Crippen LogP contribution >= 0.6 is 0 Å². The van der Waals surface area contributed by atoms with Gasteiger partial charge in [-0.3, -0.25) is 0 Å². The number of rotatable bonds is 29. The molecular weight excluding hydrogens is 518 g/mol. The van der Waals surface area contributed by atoms with Gasteiger partial charge in [0.25, 0.3) is 0 Å². The molecule has 1 unspecified atom stereocenters. The standard InChI is InChI=1S/C30H66NO5Si.ClH/c1-6-7-8-9-10-11-12-13-14-15-16-17-18-19-29(20-21-31(4,5)26-28(2)3)37-36-27-30(34-24-22-32)35-25-23-33;/h28-30,32-33H,6-27,37H2,1-5H3;1H/q+1;/p-1. The number of unbranched alkanes of at least 4 members (excludes halogenated alkanes) is 12. The van der Waals surface area contributed by atoms with Gasteiger partial charge in [-0.05, 0) is 12.0 Å². The summed E-state index contributed by atoms with van der Waals surface area (Å²) < 4.78 is 18.3. The van der Waals surface area contributed by atoms with Crippen LogP contribution in [0, 0.1) is 5.92 Å². The van der Waals surface area contributed by atoms with Crippen molar-refractivity contribution in [3.05, 3.63) is 0 Å². The van der Waals surface area contributed by atoms with Crippen LogP contribution in [0.2, 0.25) is 5.54 Å². The highest BCUT2D eigenvalue weighted by molar-refractivity contribution is 6.29. The fourth-order valence-corrected chi connectivity index (χ4v) is 6.68. The van der Waals surface area contributed by atoms with Gasteiger partial charge in [-0.25, -0.2) is 0 Å². The lowest BCUT2D eigenvalue weighted by atomic mass is 10.0. The first-order valence-electron chi connectivity index (χ1n) is 15.7. The van der Waals surface area contributed by atoms with Gasteiger partial charge in [0, 0.05) is 5.92 Å². The van der Waals surface area contributed by atoms with E-state index in [2.05, 4.69) is 34.9 Å². The van der Waals surface area contributed by atoms with Gasteiger partial charge in [0.1, 0.15) is 0 Å². The normalized spacial score (nSPS) is 13.2. The third-order valence-electron chi connectivity index (χ3n) is 7.12. The number of halogens is 1. The van der Waals surface area contributed by atoms with Crippen molar-refractivity contribution >= 4 is 9.76 Å². The van der Waals surface area contributed by atoms with Crippen molar-refractivity contribution < 1.29 is 41.0 Å². The van der Waals surface area contributed by atoms with Crippen molar-refractivity contribution in [1.82, 2.24) is 0 Å². The molecule has 6 nitrogen and oxygen atoms in total. The molecule has 0 amide bonds. The molecule has 0 aromatic rings. The molecule has 0 aliphatic carbocycles. The van der Waals surface area contributed by atoms with Gasteiger partial charge in [0.2, 0.25) is 0 Å². The summed E-state index contributed by atoms with van der Waals surface area (Å²) in [6.07, 6.45) is 20.1. The van der Waals surface area contributed by atoms with Gasteiger partial charge in [-0.15, -0.1) is 0 Å². The molecule has 0 saturated carbocycles. The van der Waals surface area contributed by atoms with Gasteiger partial charge >= 0.3 is 0 Å². The van der Waals surface area contributed by atoms with Crippen LogP contribution in [0.4, 0.5) is 0 Å². The molecule has 0 radical (unpaired) electrons. The van der Waals surface area contributed by atoms with Crippen molar-refractivity contribution in [2.45, 2.75) is 129 Å². The minimum absolute atomic E-state index is 0. The molecule has 0 heterocycles. The number of aliphatic hydroxyl groups excluding tert-OH is 2. The van der Waals surface area contributed by atoms with E-state index in [1.165, 1.54) is 109 Å². The third-order valence-corrected chi connectivity index (χ3v) is 8.87. The Labute approximate surface area is 245 Å². The Balaban J connectivity index is 0. The van der Waals surface area contributed by atoms with Gasteiger partial charge < -0.3 is 41.0 Å². The summed E-state index contributed by atoms with van der Waals surface area (Å²) in [5.74, 6) is 0.705. The van der Waals surface area contributed by atoms with Gasteiger partial charge in [0.05, 0.1) is 60.2 Å². The highest BCUT2D eigenvalue weighted by atomic mass is 35.5. The molecule has 0 spiro atoms. The smallest absolute Gasteiger partial charge is 0.179 e. The molecule has 0 aliphatic rings. The lowest BCUT2D eigenvalue weighted by Gasteiger charge is -2.33. The highest BCUT2D eigenvalue weighted by Gasteiger charge is 2.21. The average Bonchev–Trinajstić information content (AvgIpc) is 2.85. The Morgan fingerprint density at radius 3 is 1.63 bits per heavy atom. The maximum atomic E-state index is 9.05. The molecule has 0 saturated heterocycles. The molecule has 0 fully saturated rings. The van der Waals surface area contributed by atoms with Crippen molar-refractivity contribution in [2.75, 3.05) is 60.2 Å². The molecule has 38 heavy (non-hydrogen) atoms. The quantitative estimate of drug-likeness (QED) is 0.0613. The van der Waals surface area contributed by atoms with E-state index < -0.39 is 16.1 Å². The van der Waals surface area contributed by atoms with Crippen LogP contribution in [0.1, 0.15) is 117 Å². The highest BCUT2D eigenvalue weighted by Crippen LogP contribution is 2.22. The minimum atomic E-state index is -0.717. The summed E-state index contributed by atoms with van der Waals surface area (Å²) in [7, 11) is 3.99. The second-order valence-corrected chi connectivity index (χ2v) is 14.0. The Kier molecular flexibility index (Phi) is 30.6. The van der Waals surface area contributed by atoms with Crippen LogP contribution < -0.4 is 12.4 Å². The summed E-state index contributed by atoms with van der Waals surface area (Å²) in [6, 6.07) is 0. The first kappa shape index (κ1) is 40.4. The van der Waals surface area contributed by atoms with E-state index in [9.17, 15) is 0 Å². The van der Waals surface area contributed by atoms with E-state index in [4.69, 9.17) is 24.1 Å². The van der Waals surface area contributed by atoms with Crippen LogP contribution in [0.3, 0.4) is 0 Å². The summed E-state index contributed by atoms with van der Waals surface area (Å²) in [6.45, 7) is 10.1. The summed E-state index contributed by atoms with van der Waals surface area (Å²) in [5, 5.41) is 18.1. The fraction of sp³-hybridized carbons (Fsp3) is 1.00. The molecule has 2 N–H and O–H groups in total. The number of nitrogens with zero attached hydrogens (tertiary/aromatic N) is 1. The van der Waals surface area contributed by atoms with Crippen molar-refractivity contribution in [1.29, 1.82) is 0 Å². The minimum Gasteiger partial charge on any atom is -1.00 e. The molecule has 232 valence electrons. The Morgan fingerprint density at radius 2 is 1.18 bits per heavy atom. The number of ether oxygens (including phenoxy) is 2. The van der Waals surface area contributed by atoms with E-state index in [1.54, 1.807) is 0 Å². The molecule has 0 aliphatic heterocycles. The third kappa shape index (κ3) is 27.8. The number of quaternary nitrogens is 1. The molecule has 0 aromatic carbocycles. The molecule has 1 atom stereocenters. The summed E-state index contributed by atoms with van der Waals surface area (Å²) >= 11 is 0. The van der Waals surface area contributed by atoms with Crippen LogP contribution in [0.5, 0.6) is 0 Å². The van der Waals surface area contributed by atoms with E-state index in [0.717, 1.165) is 4.48 Å². The van der Waals surface area contributed by atoms with E-state index in [-0.39, 0.29) is 38.8 Å². The van der Waals surface area contributed by atoms with Crippen LogP contribution in [0.25, 0.3) is 0 Å². The average molecular weight is 584 g/mol. The predicted molar refractivity (Wildman–Crippen MR) is 160 cm³/mol. The summed E-state index contributed by atoms with van der Waals surface area (Å²) in [4.78, 5) is 0. The predicted octanol–water partition coefficient (Wildman–Crippen LogP) is 2.83. The van der Waals surface area contributed by atoms with E-state index in [1.807, 2.05) is 0 Å².